The van der Waals surface area contributed by atoms with Gasteiger partial charge in [0.05, 0.1) is 18.1 Å². The van der Waals surface area contributed by atoms with Gasteiger partial charge in [-0.05, 0) is 94.8 Å². The Morgan fingerprint density at radius 1 is 0.957 bits per heavy atom. The van der Waals surface area contributed by atoms with Gasteiger partial charge in [0.2, 0.25) is 17.7 Å². The molecule has 2 aromatic carbocycles. The van der Waals surface area contributed by atoms with Gasteiger partial charge in [-0.3, -0.25) is 14.4 Å². The van der Waals surface area contributed by atoms with Gasteiger partial charge in [-0.15, -0.1) is 0 Å². The Morgan fingerprint density at radius 2 is 1.62 bits per heavy atom. The number of unbranched alkanes of at least 4 members (excludes halogenated alkanes) is 1. The molecule has 3 amide bonds. The van der Waals surface area contributed by atoms with Crippen LogP contribution in [-0.4, -0.2) is 71.7 Å². The lowest BCUT2D eigenvalue weighted by molar-refractivity contribution is -0.145. The molecule has 0 spiro atoms. The standard InChI is InChI=1S/C35H45N5O7/c1-21(41)37-28-20-23-14-16-30-25(19-23)24-18-22(13-15-29(24)40(30)34(45)47-35(2,3)4)10-6-7-12-27(33(44)46-5)39-31(42)26(38-32(28)43)11-8-9-17-36/h6-7,13-16,18-19,26-28H,8-12,17,20,36H2,1-5H3,(H,37,41)(H,38,43)(H,39,42)/b7-6-/t26-,27-,28?/m0/s1. The number of amides is 3. The zero-order valence-corrected chi connectivity index (χ0v) is 27.7. The van der Waals surface area contributed by atoms with Crippen molar-refractivity contribution in [2.24, 2.45) is 5.73 Å². The summed E-state index contributed by atoms with van der Waals surface area (Å²) in [7, 11) is 1.25. The maximum absolute atomic E-state index is 13.7. The van der Waals surface area contributed by atoms with Gasteiger partial charge in [0.15, 0.2) is 0 Å². The minimum Gasteiger partial charge on any atom is -0.467 e. The number of carbonyl (C=O) groups is 5. The smallest absolute Gasteiger partial charge is 0.419 e. The molecule has 3 atom stereocenters. The molecule has 2 heterocycles. The molecule has 12 nitrogen and oxygen atoms in total. The predicted molar refractivity (Wildman–Crippen MR) is 179 cm³/mol. The summed E-state index contributed by atoms with van der Waals surface area (Å²) >= 11 is 0. The van der Waals surface area contributed by atoms with Crippen molar-refractivity contribution in [3.05, 3.63) is 59.7 Å². The number of carbonyl (C=O) groups excluding carboxylic acids is 5. The molecule has 0 fully saturated rings. The molecule has 0 aliphatic carbocycles. The van der Waals surface area contributed by atoms with Gasteiger partial charge < -0.3 is 31.2 Å². The van der Waals surface area contributed by atoms with Crippen LogP contribution >= 0.6 is 0 Å². The summed E-state index contributed by atoms with van der Waals surface area (Å²) in [6.45, 7) is 7.16. The Balaban J connectivity index is 1.84. The SMILES string of the molecule is COC(=O)[C@@H]1C/C=C\Cc2ccc3c(c2)c2cc(ccc2n3C(=O)OC(C)(C)C)CC(NC(C)=O)C(=O)N[C@@H](CCCCN)C(=O)N1. The molecule has 0 saturated heterocycles. The molecule has 3 aromatic rings. The van der Waals surface area contributed by atoms with Crippen molar-refractivity contribution >= 4 is 51.6 Å². The van der Waals surface area contributed by atoms with E-state index in [9.17, 15) is 24.0 Å². The monoisotopic (exact) mass is 647 g/mol. The van der Waals surface area contributed by atoms with E-state index in [0.29, 0.717) is 36.8 Å². The minimum atomic E-state index is -1.01. The third kappa shape index (κ3) is 8.97. The largest absolute Gasteiger partial charge is 0.467 e. The van der Waals surface area contributed by atoms with E-state index in [1.165, 1.54) is 14.0 Å². The van der Waals surface area contributed by atoms with Crippen molar-refractivity contribution in [2.75, 3.05) is 13.7 Å². The third-order valence-corrected chi connectivity index (χ3v) is 7.88. The van der Waals surface area contributed by atoms with E-state index in [1.807, 2.05) is 57.2 Å². The number of nitrogens with one attached hydrogen (secondary N) is 3. The highest BCUT2D eigenvalue weighted by Crippen LogP contribution is 2.32. The number of fused-ring (bicyclic) bond motifs is 2. The maximum Gasteiger partial charge on any atom is 0.419 e. The Hall–Kier alpha value is -4.71. The number of esters is 1. The van der Waals surface area contributed by atoms with Crippen LogP contribution in [0.25, 0.3) is 21.8 Å². The molecule has 0 saturated carbocycles. The third-order valence-electron chi connectivity index (χ3n) is 7.88. The summed E-state index contributed by atoms with van der Waals surface area (Å²) in [6.07, 6.45) is 5.47. The number of allylic oxidation sites excluding steroid dienone is 1. The van der Waals surface area contributed by atoms with Gasteiger partial charge in [-0.2, -0.15) is 0 Å². The maximum atomic E-state index is 13.7. The molecule has 4 bridgehead atoms. The van der Waals surface area contributed by atoms with E-state index >= 15 is 0 Å². The zero-order valence-electron chi connectivity index (χ0n) is 27.7. The molecule has 252 valence electrons. The fourth-order valence-corrected chi connectivity index (χ4v) is 5.68. The predicted octanol–water partition coefficient (Wildman–Crippen LogP) is 3.40. The van der Waals surface area contributed by atoms with Crippen LogP contribution in [0.5, 0.6) is 0 Å². The first kappa shape index (κ1) is 35.1. The van der Waals surface area contributed by atoms with Crippen molar-refractivity contribution in [1.29, 1.82) is 0 Å². The van der Waals surface area contributed by atoms with Gasteiger partial charge in [0, 0.05) is 24.1 Å². The lowest BCUT2D eigenvalue weighted by Crippen LogP contribution is -2.56. The summed E-state index contributed by atoms with van der Waals surface area (Å²) in [5.74, 6) is -2.13. The number of hydrogen-bond acceptors (Lipinski definition) is 8. The van der Waals surface area contributed by atoms with Gasteiger partial charge in [0.25, 0.3) is 0 Å². The van der Waals surface area contributed by atoms with Crippen molar-refractivity contribution in [3.63, 3.8) is 0 Å². The zero-order chi connectivity index (χ0) is 34.3. The number of benzene rings is 2. The van der Waals surface area contributed by atoms with Gasteiger partial charge in [-0.25, -0.2) is 14.2 Å². The number of rotatable bonds is 6. The minimum absolute atomic E-state index is 0.116. The highest BCUT2D eigenvalue weighted by molar-refractivity contribution is 6.13. The van der Waals surface area contributed by atoms with Gasteiger partial charge in [-0.1, -0.05) is 24.3 Å². The van der Waals surface area contributed by atoms with E-state index in [2.05, 4.69) is 16.0 Å². The van der Waals surface area contributed by atoms with E-state index in [-0.39, 0.29) is 19.3 Å². The average Bonchev–Trinajstić information content (AvgIpc) is 3.33. The van der Waals surface area contributed by atoms with Crippen LogP contribution < -0.4 is 21.7 Å². The molecular formula is C35H45N5O7. The number of hydrogen-bond donors (Lipinski definition) is 4. The summed E-state index contributed by atoms with van der Waals surface area (Å²) in [5.41, 5.74) is 7.95. The highest BCUT2D eigenvalue weighted by Gasteiger charge is 2.30. The topological polar surface area (TPSA) is 171 Å². The Labute approximate surface area is 274 Å². The van der Waals surface area contributed by atoms with E-state index < -0.39 is 53.5 Å². The number of ether oxygens (including phenoxy) is 2. The van der Waals surface area contributed by atoms with Crippen LogP contribution in [0, 0.1) is 0 Å². The van der Waals surface area contributed by atoms with Crippen LogP contribution in [0.15, 0.2) is 48.6 Å². The van der Waals surface area contributed by atoms with Gasteiger partial charge >= 0.3 is 12.1 Å². The Bertz CT molecular complexity index is 1690. The number of aromatic nitrogens is 1. The highest BCUT2D eigenvalue weighted by atomic mass is 16.6. The summed E-state index contributed by atoms with van der Waals surface area (Å²) in [6, 6.07) is 8.35. The van der Waals surface area contributed by atoms with Crippen molar-refractivity contribution in [1.82, 2.24) is 20.5 Å². The van der Waals surface area contributed by atoms with Crippen LogP contribution in [0.2, 0.25) is 0 Å². The number of nitrogens with two attached hydrogens (primary N) is 1. The summed E-state index contributed by atoms with van der Waals surface area (Å²) < 4.78 is 12.2. The Kier molecular flexibility index (Phi) is 11.4. The molecule has 5 N–H and O–H groups in total. The van der Waals surface area contributed by atoms with Crippen molar-refractivity contribution in [3.8, 4) is 0 Å². The van der Waals surface area contributed by atoms with Crippen LogP contribution in [0.1, 0.15) is 64.5 Å². The molecule has 4 rings (SSSR count). The fraction of sp³-hybridized carbons (Fsp3) is 0.457. The van der Waals surface area contributed by atoms with Crippen LogP contribution in [0.3, 0.4) is 0 Å². The molecule has 1 unspecified atom stereocenters. The normalized spacial score (nSPS) is 20.0. The number of methoxy groups -OCH3 is 1. The summed E-state index contributed by atoms with van der Waals surface area (Å²) in [5, 5.41) is 9.84. The van der Waals surface area contributed by atoms with Crippen LogP contribution in [-0.2, 0) is 41.5 Å². The van der Waals surface area contributed by atoms with E-state index in [0.717, 1.165) is 21.9 Å². The van der Waals surface area contributed by atoms with Crippen molar-refractivity contribution in [2.45, 2.75) is 89.9 Å². The molecule has 1 aliphatic heterocycles. The molecule has 0 radical (unpaired) electrons. The average molecular weight is 648 g/mol. The number of nitrogens with zero attached hydrogens (tertiary/aromatic N) is 1. The molecular weight excluding hydrogens is 602 g/mol. The first-order chi connectivity index (χ1) is 22.3. The quantitative estimate of drug-likeness (QED) is 0.179. The van der Waals surface area contributed by atoms with E-state index in [1.54, 1.807) is 16.7 Å². The second kappa shape index (κ2) is 15.3. The second-order valence-electron chi connectivity index (χ2n) is 12.8. The lowest BCUT2D eigenvalue weighted by atomic mass is 10.00. The molecule has 12 heteroatoms. The Morgan fingerprint density at radius 3 is 2.23 bits per heavy atom. The summed E-state index contributed by atoms with van der Waals surface area (Å²) in [4.78, 5) is 65.5. The lowest BCUT2D eigenvalue weighted by Gasteiger charge is -2.25. The molecule has 1 aliphatic rings. The van der Waals surface area contributed by atoms with E-state index in [4.69, 9.17) is 15.2 Å². The van der Waals surface area contributed by atoms with Gasteiger partial charge in [0.1, 0.15) is 23.7 Å². The van der Waals surface area contributed by atoms with Crippen LogP contribution in [0.4, 0.5) is 4.79 Å². The second-order valence-corrected chi connectivity index (χ2v) is 12.8. The van der Waals surface area contributed by atoms with Crippen molar-refractivity contribution < 1.29 is 33.4 Å². The fourth-order valence-electron chi connectivity index (χ4n) is 5.68. The molecule has 1 aromatic heterocycles. The molecule has 47 heavy (non-hydrogen) atoms. The first-order valence-electron chi connectivity index (χ1n) is 15.9. The first-order valence-corrected chi connectivity index (χ1v) is 15.9.